The van der Waals surface area contributed by atoms with E-state index in [4.69, 9.17) is 21.4 Å². The van der Waals surface area contributed by atoms with Gasteiger partial charge in [0.15, 0.2) is 11.0 Å². The quantitative estimate of drug-likeness (QED) is 0.747. The van der Waals surface area contributed by atoms with Crippen LogP contribution in [0.1, 0.15) is 0 Å². The number of nitrogens with zero attached hydrogens (tertiary/aromatic N) is 2. The van der Waals surface area contributed by atoms with Gasteiger partial charge in [-0.05, 0) is 0 Å². The minimum atomic E-state index is -1.14. The van der Waals surface area contributed by atoms with E-state index in [-0.39, 0.29) is 16.7 Å². The molecule has 0 atom stereocenters. The van der Waals surface area contributed by atoms with Gasteiger partial charge in [0.2, 0.25) is 0 Å². The second-order valence-corrected chi connectivity index (χ2v) is 5.03. The highest BCUT2D eigenvalue weighted by Gasteiger charge is 2.18. The van der Waals surface area contributed by atoms with E-state index in [1.807, 2.05) is 6.07 Å². The molecule has 7 nitrogen and oxygen atoms in total. The average molecular weight is 338 g/mol. The summed E-state index contributed by atoms with van der Waals surface area (Å²) in [6, 6.07) is 8.82. The fraction of sp³-hybridized carbons (Fsp3) is 0.267. The maximum atomic E-state index is 12.5. The van der Waals surface area contributed by atoms with E-state index in [2.05, 4.69) is 10.3 Å². The van der Waals surface area contributed by atoms with Crippen LogP contribution in [0.3, 0.4) is 0 Å². The van der Waals surface area contributed by atoms with Crippen LogP contribution in [0.2, 0.25) is 5.15 Å². The number of benzene rings is 1. The number of hydrogen-bond donors (Lipinski definition) is 2. The average Bonchev–Trinajstić information content (AvgIpc) is 2.52. The molecule has 23 heavy (non-hydrogen) atoms. The van der Waals surface area contributed by atoms with Crippen LogP contribution < -0.4 is 10.9 Å². The van der Waals surface area contributed by atoms with Crippen molar-refractivity contribution in [3.8, 4) is 11.3 Å². The summed E-state index contributed by atoms with van der Waals surface area (Å²) < 4.78 is 5.99. The van der Waals surface area contributed by atoms with Crippen LogP contribution >= 0.6 is 11.6 Å². The van der Waals surface area contributed by atoms with Crippen molar-refractivity contribution in [2.45, 2.75) is 6.54 Å². The minimum absolute atomic E-state index is 0.00650. The van der Waals surface area contributed by atoms with Gasteiger partial charge in [-0.1, -0.05) is 41.9 Å². The number of carboxylic acid groups (broad SMARTS) is 1. The smallest absolute Gasteiger partial charge is 0.323 e. The zero-order valence-corrected chi connectivity index (χ0v) is 13.2. The Balaban J connectivity index is 2.55. The van der Waals surface area contributed by atoms with E-state index in [0.29, 0.717) is 18.7 Å². The van der Waals surface area contributed by atoms with Crippen LogP contribution in [-0.4, -0.2) is 40.9 Å². The molecule has 1 aromatic carbocycles. The van der Waals surface area contributed by atoms with Crippen LogP contribution in [0.25, 0.3) is 11.3 Å². The summed E-state index contributed by atoms with van der Waals surface area (Å²) in [6.07, 6.45) is 0. The fourth-order valence-corrected chi connectivity index (χ4v) is 2.38. The molecule has 0 unspecified atom stereocenters. The lowest BCUT2D eigenvalue weighted by Gasteiger charge is -2.15. The molecule has 0 fully saturated rings. The van der Waals surface area contributed by atoms with E-state index in [1.165, 1.54) is 7.11 Å². The highest BCUT2D eigenvalue weighted by atomic mass is 35.5. The molecule has 0 aliphatic rings. The molecule has 0 spiro atoms. The fourth-order valence-electron chi connectivity index (χ4n) is 2.08. The number of ether oxygens (including phenoxy) is 1. The van der Waals surface area contributed by atoms with Crippen LogP contribution in [-0.2, 0) is 16.1 Å². The molecule has 2 aromatic rings. The van der Waals surface area contributed by atoms with Crippen molar-refractivity contribution in [1.29, 1.82) is 0 Å². The topological polar surface area (TPSA) is 93.4 Å². The van der Waals surface area contributed by atoms with Crippen molar-refractivity contribution in [2.24, 2.45) is 0 Å². The number of aromatic nitrogens is 2. The predicted octanol–water partition coefficient (Wildman–Crippen LogP) is 1.71. The Morgan fingerprint density at radius 1 is 1.39 bits per heavy atom. The molecule has 0 amide bonds. The number of carboxylic acids is 1. The van der Waals surface area contributed by atoms with Crippen molar-refractivity contribution in [2.75, 3.05) is 25.6 Å². The van der Waals surface area contributed by atoms with Gasteiger partial charge in [-0.25, -0.2) is 4.98 Å². The second-order valence-electron chi connectivity index (χ2n) is 4.67. The summed E-state index contributed by atoms with van der Waals surface area (Å²) >= 11 is 6.20. The number of halogens is 1. The molecule has 0 saturated carbocycles. The molecule has 122 valence electrons. The first kappa shape index (κ1) is 17.0. The number of hydrogen-bond acceptors (Lipinski definition) is 5. The number of rotatable bonds is 7. The van der Waals surface area contributed by atoms with Crippen molar-refractivity contribution in [3.63, 3.8) is 0 Å². The lowest BCUT2D eigenvalue weighted by Crippen LogP contribution is -2.30. The third kappa shape index (κ3) is 4.08. The van der Waals surface area contributed by atoms with Crippen LogP contribution in [0.15, 0.2) is 35.1 Å². The van der Waals surface area contributed by atoms with Crippen molar-refractivity contribution < 1.29 is 14.6 Å². The lowest BCUT2D eigenvalue weighted by molar-refractivity contribution is -0.137. The zero-order valence-electron chi connectivity index (χ0n) is 12.5. The van der Waals surface area contributed by atoms with Gasteiger partial charge in [-0.2, -0.15) is 0 Å². The molecule has 2 N–H and O–H groups in total. The summed E-state index contributed by atoms with van der Waals surface area (Å²) in [5.74, 6) is -1.15. The third-order valence-electron chi connectivity index (χ3n) is 3.06. The van der Waals surface area contributed by atoms with Crippen LogP contribution in [0, 0.1) is 0 Å². The van der Waals surface area contributed by atoms with Crippen molar-refractivity contribution in [1.82, 2.24) is 9.55 Å². The van der Waals surface area contributed by atoms with Crippen LogP contribution in [0.4, 0.5) is 5.82 Å². The molecule has 0 aliphatic heterocycles. The number of aliphatic carboxylic acids is 1. The summed E-state index contributed by atoms with van der Waals surface area (Å²) in [6.45, 7) is 0.217. The second kappa shape index (κ2) is 7.75. The SMILES string of the molecule is COCCNc1nc(Cl)c(-c2ccccc2)n(CC(=O)O)c1=O. The number of anilines is 1. The first-order valence-corrected chi connectivity index (χ1v) is 7.22. The van der Waals surface area contributed by atoms with Crippen molar-refractivity contribution in [3.05, 3.63) is 45.8 Å². The van der Waals surface area contributed by atoms with Gasteiger partial charge in [0.25, 0.3) is 5.56 Å². The normalized spacial score (nSPS) is 10.5. The first-order chi connectivity index (χ1) is 11.0. The highest BCUT2D eigenvalue weighted by molar-refractivity contribution is 6.32. The van der Waals surface area contributed by atoms with Crippen molar-refractivity contribution >= 4 is 23.4 Å². The molecule has 8 heteroatoms. The Bertz CT molecular complexity index is 746. The van der Waals surface area contributed by atoms with Gasteiger partial charge in [-0.3, -0.25) is 14.2 Å². The standard InChI is InChI=1S/C15H16ClN3O4/c1-23-8-7-17-14-15(22)19(9-11(20)21)12(13(16)18-14)10-5-3-2-4-6-10/h2-6H,7-9H2,1H3,(H,17,18)(H,20,21). The van der Waals surface area contributed by atoms with Gasteiger partial charge >= 0.3 is 5.97 Å². The Morgan fingerprint density at radius 3 is 2.70 bits per heavy atom. The number of carbonyl (C=O) groups is 1. The predicted molar refractivity (Wildman–Crippen MR) is 86.9 cm³/mol. The minimum Gasteiger partial charge on any atom is -0.480 e. The Labute approximate surface area is 137 Å². The maximum absolute atomic E-state index is 12.5. The lowest BCUT2D eigenvalue weighted by atomic mass is 10.1. The molecule has 1 aromatic heterocycles. The van der Waals surface area contributed by atoms with Gasteiger partial charge in [0.05, 0.1) is 12.3 Å². The summed E-state index contributed by atoms with van der Waals surface area (Å²) in [5, 5.41) is 11.9. The molecule has 1 heterocycles. The summed E-state index contributed by atoms with van der Waals surface area (Å²) in [4.78, 5) is 27.7. The number of nitrogens with one attached hydrogen (secondary N) is 1. The molecular weight excluding hydrogens is 322 g/mol. The van der Waals surface area contributed by atoms with Gasteiger partial charge < -0.3 is 15.2 Å². The van der Waals surface area contributed by atoms with E-state index in [9.17, 15) is 9.59 Å². The third-order valence-corrected chi connectivity index (χ3v) is 3.33. The Hall–Kier alpha value is -2.38. The monoisotopic (exact) mass is 337 g/mol. The summed E-state index contributed by atoms with van der Waals surface area (Å²) in [7, 11) is 1.53. The first-order valence-electron chi connectivity index (χ1n) is 6.85. The van der Waals surface area contributed by atoms with E-state index in [1.54, 1.807) is 24.3 Å². The van der Waals surface area contributed by atoms with Gasteiger partial charge in [0.1, 0.15) is 6.54 Å². The zero-order chi connectivity index (χ0) is 16.8. The molecule has 0 aliphatic carbocycles. The highest BCUT2D eigenvalue weighted by Crippen LogP contribution is 2.25. The molecular formula is C15H16ClN3O4. The summed E-state index contributed by atoms with van der Waals surface area (Å²) in [5.41, 5.74) is 0.343. The molecule has 0 saturated heterocycles. The van der Waals surface area contributed by atoms with Gasteiger partial charge in [-0.15, -0.1) is 0 Å². The van der Waals surface area contributed by atoms with Crippen LogP contribution in [0.5, 0.6) is 0 Å². The molecule has 0 bridgehead atoms. The van der Waals surface area contributed by atoms with E-state index in [0.717, 1.165) is 4.57 Å². The molecule has 0 radical (unpaired) electrons. The number of methoxy groups -OCH3 is 1. The maximum Gasteiger partial charge on any atom is 0.323 e. The van der Waals surface area contributed by atoms with E-state index >= 15 is 0 Å². The molecule has 2 rings (SSSR count). The van der Waals surface area contributed by atoms with E-state index < -0.39 is 18.1 Å². The Kier molecular flexibility index (Phi) is 5.72. The van der Waals surface area contributed by atoms with Gasteiger partial charge in [0, 0.05) is 19.2 Å². The Morgan fingerprint density at radius 2 is 2.09 bits per heavy atom. The largest absolute Gasteiger partial charge is 0.480 e.